The molecule has 0 aliphatic carbocycles. The molecule has 1 N–H and O–H groups in total. The molecule has 2 rings (SSSR count). The van der Waals surface area contributed by atoms with Crippen molar-refractivity contribution in [1.82, 2.24) is 10.3 Å². The van der Waals surface area contributed by atoms with E-state index in [1.807, 2.05) is 24.3 Å². The Bertz CT molecular complexity index is 425. The summed E-state index contributed by atoms with van der Waals surface area (Å²) in [6.45, 7) is 2.80. The summed E-state index contributed by atoms with van der Waals surface area (Å²) >= 11 is 3.37. The van der Waals surface area contributed by atoms with Crippen molar-refractivity contribution in [1.29, 1.82) is 0 Å². The molecule has 0 radical (unpaired) electrons. The van der Waals surface area contributed by atoms with E-state index in [0.29, 0.717) is 6.54 Å². The first kappa shape index (κ1) is 11.4. The van der Waals surface area contributed by atoms with Gasteiger partial charge in [-0.2, -0.15) is 0 Å². The van der Waals surface area contributed by atoms with Crippen LogP contribution in [0, 0.1) is 0 Å². The summed E-state index contributed by atoms with van der Waals surface area (Å²) in [4.78, 5) is 4.34. The van der Waals surface area contributed by atoms with Gasteiger partial charge >= 0.3 is 0 Å². The maximum absolute atomic E-state index is 5.25. The number of furan rings is 1. The third-order valence-corrected chi connectivity index (χ3v) is 2.83. The van der Waals surface area contributed by atoms with Crippen molar-refractivity contribution in [2.45, 2.75) is 19.5 Å². The van der Waals surface area contributed by atoms with E-state index in [1.165, 1.54) is 0 Å². The molecule has 2 aromatic heterocycles. The minimum Gasteiger partial charge on any atom is -0.468 e. The molecule has 0 aliphatic rings. The van der Waals surface area contributed by atoms with Gasteiger partial charge in [-0.3, -0.25) is 4.98 Å². The van der Waals surface area contributed by atoms with Crippen molar-refractivity contribution in [2.24, 2.45) is 0 Å². The molecule has 2 aromatic rings. The molecule has 2 heterocycles. The Balaban J connectivity index is 1.93. The minimum atomic E-state index is 0.207. The number of pyridine rings is 1. The lowest BCUT2D eigenvalue weighted by Gasteiger charge is -2.12. The van der Waals surface area contributed by atoms with Gasteiger partial charge < -0.3 is 9.73 Å². The number of hydrogen-bond donors (Lipinski definition) is 1. The van der Waals surface area contributed by atoms with Crippen LogP contribution in [0.15, 0.2) is 45.6 Å². The molecule has 0 aliphatic heterocycles. The fraction of sp³-hybridized carbons (Fsp3) is 0.250. The molecule has 0 unspecified atom stereocenters. The van der Waals surface area contributed by atoms with Gasteiger partial charge in [0.1, 0.15) is 5.76 Å². The topological polar surface area (TPSA) is 38.1 Å². The highest BCUT2D eigenvalue weighted by molar-refractivity contribution is 9.10. The smallest absolute Gasteiger partial charge is 0.117 e. The maximum atomic E-state index is 5.25. The van der Waals surface area contributed by atoms with E-state index in [1.54, 1.807) is 12.5 Å². The van der Waals surface area contributed by atoms with E-state index in [0.717, 1.165) is 15.9 Å². The second-order valence-electron chi connectivity index (χ2n) is 3.58. The Labute approximate surface area is 103 Å². The van der Waals surface area contributed by atoms with Crippen molar-refractivity contribution >= 4 is 15.9 Å². The molecule has 0 aromatic carbocycles. The third kappa shape index (κ3) is 2.93. The second-order valence-corrected chi connectivity index (χ2v) is 4.50. The molecular weight excluding hydrogens is 268 g/mol. The fourth-order valence-corrected chi connectivity index (χ4v) is 1.65. The van der Waals surface area contributed by atoms with E-state index in [9.17, 15) is 0 Å². The molecule has 0 amide bonds. The van der Waals surface area contributed by atoms with Crippen LogP contribution >= 0.6 is 15.9 Å². The van der Waals surface area contributed by atoms with Crippen LogP contribution in [0.4, 0.5) is 0 Å². The number of aromatic nitrogens is 1. The molecular formula is C12H13BrN2O. The van der Waals surface area contributed by atoms with Crippen molar-refractivity contribution in [3.63, 3.8) is 0 Å². The van der Waals surface area contributed by atoms with Crippen LogP contribution in [-0.4, -0.2) is 4.98 Å². The van der Waals surface area contributed by atoms with Gasteiger partial charge in [-0.15, -0.1) is 0 Å². The summed E-state index contributed by atoms with van der Waals surface area (Å²) in [5.74, 6) is 0.934. The first-order valence-corrected chi connectivity index (χ1v) is 5.92. The third-order valence-electron chi connectivity index (χ3n) is 2.36. The van der Waals surface area contributed by atoms with Crippen molar-refractivity contribution in [3.05, 3.63) is 52.7 Å². The predicted molar refractivity (Wildman–Crippen MR) is 65.9 cm³/mol. The van der Waals surface area contributed by atoms with E-state index in [4.69, 9.17) is 4.42 Å². The molecule has 0 saturated carbocycles. The number of halogens is 1. The zero-order valence-electron chi connectivity index (χ0n) is 8.98. The summed E-state index contributed by atoms with van der Waals surface area (Å²) in [5.41, 5.74) is 1.02. The number of nitrogens with one attached hydrogen (secondary N) is 1. The Morgan fingerprint density at radius 1 is 1.44 bits per heavy atom. The minimum absolute atomic E-state index is 0.207. The molecule has 3 nitrogen and oxygen atoms in total. The summed E-state index contributed by atoms with van der Waals surface area (Å²) in [6.07, 6.45) is 3.49. The fourth-order valence-electron chi connectivity index (χ4n) is 1.41. The molecule has 16 heavy (non-hydrogen) atoms. The van der Waals surface area contributed by atoms with E-state index in [2.05, 4.69) is 33.2 Å². The van der Waals surface area contributed by atoms with Crippen LogP contribution in [0.2, 0.25) is 0 Å². The second kappa shape index (κ2) is 5.27. The highest BCUT2D eigenvalue weighted by Crippen LogP contribution is 2.13. The number of hydrogen-bond acceptors (Lipinski definition) is 3. The van der Waals surface area contributed by atoms with Crippen LogP contribution in [-0.2, 0) is 6.54 Å². The van der Waals surface area contributed by atoms with E-state index in [-0.39, 0.29) is 6.04 Å². The van der Waals surface area contributed by atoms with Gasteiger partial charge in [-0.1, -0.05) is 0 Å². The first-order valence-electron chi connectivity index (χ1n) is 5.13. The largest absolute Gasteiger partial charge is 0.468 e. The molecule has 0 fully saturated rings. The number of nitrogens with zero attached hydrogens (tertiary/aromatic N) is 1. The SMILES string of the molecule is C[C@@H](NCc1ccco1)c1ccc(Br)cn1. The van der Waals surface area contributed by atoms with Gasteiger partial charge in [0.25, 0.3) is 0 Å². The monoisotopic (exact) mass is 280 g/mol. The lowest BCUT2D eigenvalue weighted by atomic mass is 10.2. The van der Waals surface area contributed by atoms with Crippen LogP contribution in [0.3, 0.4) is 0 Å². The first-order chi connectivity index (χ1) is 7.75. The summed E-state index contributed by atoms with van der Waals surface area (Å²) in [7, 11) is 0. The molecule has 1 atom stereocenters. The highest BCUT2D eigenvalue weighted by atomic mass is 79.9. The molecule has 0 spiro atoms. The summed E-state index contributed by atoms with van der Waals surface area (Å²) in [5, 5.41) is 3.35. The normalized spacial score (nSPS) is 12.6. The van der Waals surface area contributed by atoms with Crippen molar-refractivity contribution in [2.75, 3.05) is 0 Å². The standard InChI is InChI=1S/C12H13BrN2O/c1-9(12-5-4-10(13)7-15-12)14-8-11-3-2-6-16-11/h2-7,9,14H,8H2,1H3/t9-/m1/s1. The summed E-state index contributed by atoms with van der Waals surface area (Å²) < 4.78 is 6.24. The Morgan fingerprint density at radius 3 is 2.94 bits per heavy atom. The highest BCUT2D eigenvalue weighted by Gasteiger charge is 2.06. The van der Waals surface area contributed by atoms with Crippen LogP contribution in [0.5, 0.6) is 0 Å². The van der Waals surface area contributed by atoms with Crippen molar-refractivity contribution in [3.8, 4) is 0 Å². The van der Waals surface area contributed by atoms with Crippen LogP contribution < -0.4 is 5.32 Å². The molecule has 4 heteroatoms. The lowest BCUT2D eigenvalue weighted by molar-refractivity contribution is 0.457. The Morgan fingerprint density at radius 2 is 2.31 bits per heavy atom. The molecule has 84 valence electrons. The van der Waals surface area contributed by atoms with Crippen molar-refractivity contribution < 1.29 is 4.42 Å². The Hall–Kier alpha value is -1.13. The van der Waals surface area contributed by atoms with Gasteiger partial charge in [0.15, 0.2) is 0 Å². The lowest BCUT2D eigenvalue weighted by Crippen LogP contribution is -2.18. The van der Waals surface area contributed by atoms with Gasteiger partial charge in [-0.25, -0.2) is 0 Å². The molecule has 0 bridgehead atoms. The average Bonchev–Trinajstić information content (AvgIpc) is 2.80. The Kier molecular flexibility index (Phi) is 3.74. The zero-order valence-corrected chi connectivity index (χ0v) is 10.6. The zero-order chi connectivity index (χ0) is 11.4. The van der Waals surface area contributed by atoms with Gasteiger partial charge in [-0.05, 0) is 47.1 Å². The molecule has 0 saturated heterocycles. The van der Waals surface area contributed by atoms with Crippen LogP contribution in [0.25, 0.3) is 0 Å². The van der Waals surface area contributed by atoms with E-state index < -0.39 is 0 Å². The quantitative estimate of drug-likeness (QED) is 0.934. The number of rotatable bonds is 4. The van der Waals surface area contributed by atoms with Crippen LogP contribution in [0.1, 0.15) is 24.4 Å². The van der Waals surface area contributed by atoms with Gasteiger partial charge in [0.2, 0.25) is 0 Å². The predicted octanol–water partition coefficient (Wildman–Crippen LogP) is 3.29. The average molecular weight is 281 g/mol. The maximum Gasteiger partial charge on any atom is 0.117 e. The van der Waals surface area contributed by atoms with E-state index >= 15 is 0 Å². The van der Waals surface area contributed by atoms with Gasteiger partial charge in [0.05, 0.1) is 18.5 Å². The summed E-state index contributed by atoms with van der Waals surface area (Å²) in [6, 6.07) is 8.05. The van der Waals surface area contributed by atoms with Gasteiger partial charge in [0, 0.05) is 16.7 Å².